The maximum atomic E-state index is 11.4. The van der Waals surface area contributed by atoms with Gasteiger partial charge in [0.2, 0.25) is 11.8 Å². The first-order valence-corrected chi connectivity index (χ1v) is 6.25. The van der Waals surface area contributed by atoms with E-state index in [1.807, 2.05) is 0 Å². The number of imide groups is 1. The highest BCUT2D eigenvalue weighted by Crippen LogP contribution is 2.16. The zero-order valence-corrected chi connectivity index (χ0v) is 11.1. The van der Waals surface area contributed by atoms with E-state index in [2.05, 4.69) is 27.5 Å². The first kappa shape index (κ1) is 13.3. The number of carbonyl (C=O) groups excluding carboxylic acids is 2. The fourth-order valence-corrected chi connectivity index (χ4v) is 1.86. The summed E-state index contributed by atoms with van der Waals surface area (Å²) in [4.78, 5) is 32.9. The second kappa shape index (κ2) is 5.64. The van der Waals surface area contributed by atoms with Gasteiger partial charge in [-0.2, -0.15) is 0 Å². The summed E-state index contributed by atoms with van der Waals surface area (Å²) in [6.07, 6.45) is 0.989. The molecule has 0 saturated carbocycles. The van der Waals surface area contributed by atoms with Crippen molar-refractivity contribution in [1.29, 1.82) is 0 Å². The SMILES string of the molecule is CCCNc1cc(N2CC(=O)NC(=O)C2)nc(C)n1. The second-order valence-electron chi connectivity index (χ2n) is 4.41. The first-order chi connectivity index (χ1) is 9.08. The number of amides is 2. The van der Waals surface area contributed by atoms with Crippen molar-refractivity contribution in [2.45, 2.75) is 20.3 Å². The number of nitrogens with zero attached hydrogens (tertiary/aromatic N) is 3. The molecule has 1 saturated heterocycles. The highest BCUT2D eigenvalue weighted by molar-refractivity contribution is 6.02. The Morgan fingerprint density at radius 3 is 2.63 bits per heavy atom. The Labute approximate surface area is 111 Å². The molecule has 1 aliphatic heterocycles. The monoisotopic (exact) mass is 263 g/mol. The van der Waals surface area contributed by atoms with Crippen LogP contribution in [0, 0.1) is 6.92 Å². The van der Waals surface area contributed by atoms with Gasteiger partial charge in [-0.3, -0.25) is 14.9 Å². The standard InChI is InChI=1S/C12H17N5O2/c1-3-4-13-9-5-10(15-8(2)14-9)17-6-11(18)16-12(19)7-17/h5H,3-4,6-7H2,1-2H3,(H,13,14,15)(H,16,18,19). The molecular weight excluding hydrogens is 246 g/mol. The molecule has 0 aromatic carbocycles. The molecule has 0 spiro atoms. The van der Waals surface area contributed by atoms with Crippen LogP contribution in [0.5, 0.6) is 0 Å². The number of aryl methyl sites for hydroxylation is 1. The topological polar surface area (TPSA) is 87.2 Å². The zero-order valence-electron chi connectivity index (χ0n) is 11.1. The lowest BCUT2D eigenvalue weighted by molar-refractivity contribution is -0.130. The summed E-state index contributed by atoms with van der Waals surface area (Å²) in [7, 11) is 0. The van der Waals surface area contributed by atoms with E-state index >= 15 is 0 Å². The number of piperazine rings is 1. The van der Waals surface area contributed by atoms with Gasteiger partial charge in [0.05, 0.1) is 13.1 Å². The van der Waals surface area contributed by atoms with Crippen molar-refractivity contribution in [1.82, 2.24) is 15.3 Å². The average Bonchev–Trinajstić information content (AvgIpc) is 2.34. The Kier molecular flexibility index (Phi) is 3.94. The van der Waals surface area contributed by atoms with Crippen molar-refractivity contribution >= 4 is 23.5 Å². The molecule has 2 N–H and O–H groups in total. The molecule has 19 heavy (non-hydrogen) atoms. The molecule has 2 amide bonds. The van der Waals surface area contributed by atoms with Gasteiger partial charge >= 0.3 is 0 Å². The predicted molar refractivity (Wildman–Crippen MR) is 70.9 cm³/mol. The summed E-state index contributed by atoms with van der Waals surface area (Å²) < 4.78 is 0. The zero-order chi connectivity index (χ0) is 13.8. The third-order valence-corrected chi connectivity index (χ3v) is 2.65. The van der Waals surface area contributed by atoms with Crippen LogP contribution in [0.2, 0.25) is 0 Å². The average molecular weight is 263 g/mol. The van der Waals surface area contributed by atoms with Gasteiger partial charge in [0.1, 0.15) is 17.5 Å². The molecule has 0 bridgehead atoms. The summed E-state index contributed by atoms with van der Waals surface area (Å²) in [6, 6.07) is 1.76. The van der Waals surface area contributed by atoms with Crippen LogP contribution in [0.1, 0.15) is 19.2 Å². The van der Waals surface area contributed by atoms with Gasteiger partial charge in [0, 0.05) is 12.6 Å². The lowest BCUT2D eigenvalue weighted by Crippen LogP contribution is -2.51. The minimum Gasteiger partial charge on any atom is -0.370 e. The molecule has 2 heterocycles. The van der Waals surface area contributed by atoms with Gasteiger partial charge in [0.15, 0.2) is 0 Å². The molecule has 102 valence electrons. The van der Waals surface area contributed by atoms with Gasteiger partial charge in [-0.25, -0.2) is 9.97 Å². The summed E-state index contributed by atoms with van der Waals surface area (Å²) in [6.45, 7) is 4.93. The molecule has 1 fully saturated rings. The number of nitrogens with one attached hydrogen (secondary N) is 2. The van der Waals surface area contributed by atoms with E-state index in [-0.39, 0.29) is 24.9 Å². The van der Waals surface area contributed by atoms with Crippen molar-refractivity contribution in [3.63, 3.8) is 0 Å². The molecule has 1 aromatic rings. The highest BCUT2D eigenvalue weighted by Gasteiger charge is 2.24. The lowest BCUT2D eigenvalue weighted by atomic mass is 10.3. The third kappa shape index (κ3) is 3.40. The smallest absolute Gasteiger partial charge is 0.246 e. The van der Waals surface area contributed by atoms with Crippen molar-refractivity contribution in [2.24, 2.45) is 0 Å². The van der Waals surface area contributed by atoms with Crippen LogP contribution in [-0.4, -0.2) is 41.4 Å². The summed E-state index contributed by atoms with van der Waals surface area (Å²) in [5.74, 6) is 1.29. The summed E-state index contributed by atoms with van der Waals surface area (Å²) in [5, 5.41) is 5.44. The van der Waals surface area contributed by atoms with Gasteiger partial charge in [0.25, 0.3) is 0 Å². The van der Waals surface area contributed by atoms with E-state index in [1.54, 1.807) is 17.9 Å². The molecule has 7 nitrogen and oxygen atoms in total. The Morgan fingerprint density at radius 1 is 1.32 bits per heavy atom. The van der Waals surface area contributed by atoms with Gasteiger partial charge in [-0.15, -0.1) is 0 Å². The molecule has 1 aliphatic rings. The summed E-state index contributed by atoms with van der Waals surface area (Å²) in [5.41, 5.74) is 0. The van der Waals surface area contributed by atoms with Crippen molar-refractivity contribution in [3.8, 4) is 0 Å². The van der Waals surface area contributed by atoms with Crippen LogP contribution in [0.3, 0.4) is 0 Å². The number of hydrogen-bond acceptors (Lipinski definition) is 6. The molecule has 7 heteroatoms. The Hall–Kier alpha value is -2.18. The van der Waals surface area contributed by atoms with Crippen LogP contribution in [0.4, 0.5) is 11.6 Å². The number of carbonyl (C=O) groups is 2. The first-order valence-electron chi connectivity index (χ1n) is 6.25. The van der Waals surface area contributed by atoms with E-state index in [0.29, 0.717) is 17.5 Å². The van der Waals surface area contributed by atoms with E-state index in [1.165, 1.54) is 0 Å². The lowest BCUT2D eigenvalue weighted by Gasteiger charge is -2.26. The molecule has 0 unspecified atom stereocenters. The van der Waals surface area contributed by atoms with Crippen LogP contribution in [-0.2, 0) is 9.59 Å². The van der Waals surface area contributed by atoms with Gasteiger partial charge in [-0.05, 0) is 13.3 Å². The molecule has 0 atom stereocenters. The van der Waals surface area contributed by atoms with E-state index in [9.17, 15) is 9.59 Å². The molecule has 2 rings (SSSR count). The maximum absolute atomic E-state index is 11.4. The van der Waals surface area contributed by atoms with Crippen molar-refractivity contribution in [2.75, 3.05) is 29.9 Å². The van der Waals surface area contributed by atoms with Gasteiger partial charge in [-0.1, -0.05) is 6.92 Å². The maximum Gasteiger partial charge on any atom is 0.246 e. The Bertz CT molecular complexity index is 487. The van der Waals surface area contributed by atoms with Crippen molar-refractivity contribution in [3.05, 3.63) is 11.9 Å². The predicted octanol–water partition coefficient (Wildman–Crippen LogP) is 0.0697. The fourth-order valence-electron chi connectivity index (χ4n) is 1.86. The Balaban J connectivity index is 2.21. The van der Waals surface area contributed by atoms with Crippen LogP contribution in [0.15, 0.2) is 6.07 Å². The fraction of sp³-hybridized carbons (Fsp3) is 0.500. The van der Waals surface area contributed by atoms with Gasteiger partial charge < -0.3 is 10.2 Å². The summed E-state index contributed by atoms with van der Waals surface area (Å²) >= 11 is 0. The third-order valence-electron chi connectivity index (χ3n) is 2.65. The number of anilines is 2. The molecule has 0 aliphatic carbocycles. The van der Waals surface area contributed by atoms with Crippen LogP contribution < -0.4 is 15.5 Å². The van der Waals surface area contributed by atoms with E-state index in [0.717, 1.165) is 13.0 Å². The normalized spacial score (nSPS) is 15.4. The molecule has 0 radical (unpaired) electrons. The van der Waals surface area contributed by atoms with Crippen LogP contribution in [0.25, 0.3) is 0 Å². The quantitative estimate of drug-likeness (QED) is 0.747. The second-order valence-corrected chi connectivity index (χ2v) is 4.41. The van der Waals surface area contributed by atoms with Crippen molar-refractivity contribution < 1.29 is 9.59 Å². The largest absolute Gasteiger partial charge is 0.370 e. The number of hydrogen-bond donors (Lipinski definition) is 2. The van der Waals surface area contributed by atoms with E-state index in [4.69, 9.17) is 0 Å². The number of aromatic nitrogens is 2. The minimum absolute atomic E-state index is 0.134. The molecular formula is C12H17N5O2. The highest BCUT2D eigenvalue weighted by atomic mass is 16.2. The molecule has 1 aromatic heterocycles. The minimum atomic E-state index is -0.310. The number of rotatable bonds is 4. The van der Waals surface area contributed by atoms with E-state index < -0.39 is 0 Å². The van der Waals surface area contributed by atoms with Crippen LogP contribution >= 0.6 is 0 Å². The Morgan fingerprint density at radius 2 is 2.00 bits per heavy atom.